The molecule has 0 aliphatic heterocycles. The van der Waals surface area contributed by atoms with Crippen LogP contribution >= 0.6 is 23.2 Å². The van der Waals surface area contributed by atoms with Crippen LogP contribution in [0, 0.1) is 0 Å². The molecule has 0 aliphatic rings. The Balaban J connectivity index is 2.66. The second kappa shape index (κ2) is 5.59. The van der Waals surface area contributed by atoms with Gasteiger partial charge in [-0.05, 0) is 6.42 Å². The third-order valence-corrected chi connectivity index (χ3v) is 3.12. The van der Waals surface area contributed by atoms with Crippen LogP contribution in [0.3, 0.4) is 0 Å². The zero-order chi connectivity index (χ0) is 14.0. The van der Waals surface area contributed by atoms with Gasteiger partial charge >= 0.3 is 5.97 Å². The number of aromatic carboxylic acids is 1. The molecule has 5 nitrogen and oxygen atoms in total. The van der Waals surface area contributed by atoms with E-state index >= 15 is 0 Å². The summed E-state index contributed by atoms with van der Waals surface area (Å²) in [5, 5.41) is 13.6. The molecule has 2 aromatic heterocycles. The number of rotatable bonds is 4. The maximum Gasteiger partial charge on any atom is 0.341 e. The summed E-state index contributed by atoms with van der Waals surface area (Å²) in [5.41, 5.74) is 0.451. The van der Waals surface area contributed by atoms with Crippen LogP contribution in [0.2, 0.25) is 10.0 Å². The van der Waals surface area contributed by atoms with Gasteiger partial charge < -0.3 is 9.63 Å². The Morgan fingerprint density at radius 2 is 2.00 bits per heavy atom. The Morgan fingerprint density at radius 1 is 1.37 bits per heavy atom. The Bertz CT molecular complexity index is 605. The SMILES string of the molecule is CCCc1onc(-c2c(Cl)cncc2Cl)c1C(=O)O. The van der Waals surface area contributed by atoms with E-state index in [1.807, 2.05) is 6.92 Å². The van der Waals surface area contributed by atoms with Gasteiger partial charge in [-0.25, -0.2) is 4.79 Å². The first kappa shape index (κ1) is 13.8. The first-order valence-corrected chi connectivity index (χ1v) is 6.33. The Kier molecular flexibility index (Phi) is 4.07. The lowest BCUT2D eigenvalue weighted by atomic mass is 10.1. The Morgan fingerprint density at radius 3 is 2.53 bits per heavy atom. The summed E-state index contributed by atoms with van der Waals surface area (Å²) in [4.78, 5) is 15.2. The van der Waals surface area contributed by atoms with Crippen molar-refractivity contribution in [3.05, 3.63) is 33.8 Å². The largest absolute Gasteiger partial charge is 0.477 e. The number of nitrogens with zero attached hydrogens (tertiary/aromatic N) is 2. The number of halogens is 2. The van der Waals surface area contributed by atoms with Crippen LogP contribution < -0.4 is 0 Å². The fourth-order valence-corrected chi connectivity index (χ4v) is 2.29. The van der Waals surface area contributed by atoms with Gasteiger partial charge in [-0.2, -0.15) is 0 Å². The number of carboxylic acids is 1. The van der Waals surface area contributed by atoms with Gasteiger partial charge in [0.15, 0.2) is 5.76 Å². The van der Waals surface area contributed by atoms with Crippen LogP contribution in [0.1, 0.15) is 29.5 Å². The molecule has 2 heterocycles. The number of carbonyl (C=O) groups is 1. The summed E-state index contributed by atoms with van der Waals surface area (Å²) in [6.45, 7) is 1.92. The van der Waals surface area contributed by atoms with Crippen molar-refractivity contribution in [3.8, 4) is 11.3 Å². The molecule has 0 unspecified atom stereocenters. The highest BCUT2D eigenvalue weighted by atomic mass is 35.5. The summed E-state index contributed by atoms with van der Waals surface area (Å²) in [5.74, 6) is -0.808. The molecule has 7 heteroatoms. The molecule has 0 saturated heterocycles. The molecule has 0 saturated carbocycles. The highest BCUT2D eigenvalue weighted by Crippen LogP contribution is 2.36. The average molecular weight is 301 g/mol. The topological polar surface area (TPSA) is 76.2 Å². The molecule has 0 amide bonds. The van der Waals surface area contributed by atoms with E-state index in [1.165, 1.54) is 12.4 Å². The fraction of sp³-hybridized carbons (Fsp3) is 0.250. The van der Waals surface area contributed by atoms with Gasteiger partial charge in [0, 0.05) is 24.4 Å². The highest BCUT2D eigenvalue weighted by molar-refractivity contribution is 6.39. The molecule has 0 bridgehead atoms. The number of hydrogen-bond acceptors (Lipinski definition) is 4. The minimum Gasteiger partial charge on any atom is -0.477 e. The van der Waals surface area contributed by atoms with Crippen molar-refractivity contribution in [1.82, 2.24) is 10.1 Å². The van der Waals surface area contributed by atoms with Crippen LogP contribution in [-0.2, 0) is 6.42 Å². The minimum atomic E-state index is -1.12. The van der Waals surface area contributed by atoms with Crippen LogP contribution in [0.15, 0.2) is 16.9 Å². The number of carboxylic acid groups (broad SMARTS) is 1. The highest BCUT2D eigenvalue weighted by Gasteiger charge is 2.26. The van der Waals surface area contributed by atoms with Crippen molar-refractivity contribution in [1.29, 1.82) is 0 Å². The van der Waals surface area contributed by atoms with Crippen molar-refractivity contribution in [2.75, 3.05) is 0 Å². The molecule has 2 rings (SSSR count). The van der Waals surface area contributed by atoms with E-state index in [0.717, 1.165) is 6.42 Å². The summed E-state index contributed by atoms with van der Waals surface area (Å²) < 4.78 is 5.09. The molecule has 1 N–H and O–H groups in total. The molecular weight excluding hydrogens is 291 g/mol. The van der Waals surface area contributed by atoms with Gasteiger partial charge in [0.1, 0.15) is 11.3 Å². The molecule has 0 fully saturated rings. The van der Waals surface area contributed by atoms with Crippen LogP contribution in [-0.4, -0.2) is 21.2 Å². The normalized spacial score (nSPS) is 10.7. The second-order valence-electron chi connectivity index (χ2n) is 3.86. The Labute approximate surface area is 119 Å². The van der Waals surface area contributed by atoms with Crippen LogP contribution in [0.25, 0.3) is 11.3 Å². The van der Waals surface area contributed by atoms with Gasteiger partial charge in [0.25, 0.3) is 0 Å². The van der Waals surface area contributed by atoms with Crippen molar-refractivity contribution < 1.29 is 14.4 Å². The summed E-state index contributed by atoms with van der Waals surface area (Å²) in [6, 6.07) is 0. The first-order chi connectivity index (χ1) is 9.06. The number of pyridine rings is 1. The molecule has 0 radical (unpaired) electrons. The zero-order valence-electron chi connectivity index (χ0n) is 9.98. The second-order valence-corrected chi connectivity index (χ2v) is 4.68. The van der Waals surface area contributed by atoms with E-state index in [4.69, 9.17) is 27.7 Å². The zero-order valence-corrected chi connectivity index (χ0v) is 11.5. The molecule has 19 heavy (non-hydrogen) atoms. The van der Waals surface area contributed by atoms with E-state index in [9.17, 15) is 9.90 Å². The maximum absolute atomic E-state index is 11.4. The maximum atomic E-state index is 11.4. The molecule has 0 atom stereocenters. The van der Waals surface area contributed by atoms with E-state index in [2.05, 4.69) is 10.1 Å². The molecule has 100 valence electrons. The monoisotopic (exact) mass is 300 g/mol. The van der Waals surface area contributed by atoms with Crippen molar-refractivity contribution in [3.63, 3.8) is 0 Å². The molecule has 2 aromatic rings. The fourth-order valence-electron chi connectivity index (χ4n) is 1.75. The predicted molar refractivity (Wildman–Crippen MR) is 70.7 cm³/mol. The lowest BCUT2D eigenvalue weighted by molar-refractivity contribution is 0.0695. The van der Waals surface area contributed by atoms with E-state index in [0.29, 0.717) is 17.7 Å². The third kappa shape index (κ3) is 2.57. The van der Waals surface area contributed by atoms with Crippen molar-refractivity contribution in [2.45, 2.75) is 19.8 Å². The van der Waals surface area contributed by atoms with Gasteiger partial charge in [0.05, 0.1) is 10.0 Å². The first-order valence-electron chi connectivity index (χ1n) is 5.57. The number of hydrogen-bond donors (Lipinski definition) is 1. The predicted octanol–water partition coefficient (Wildman–Crippen LogP) is 3.69. The molecule has 0 spiro atoms. The van der Waals surface area contributed by atoms with E-state index in [-0.39, 0.29) is 21.3 Å². The standard InChI is InChI=1S/C12H10Cl2N2O3/c1-2-3-8-10(12(17)18)11(16-19-8)9-6(13)4-15-5-7(9)14/h4-5H,2-3H2,1H3,(H,17,18). The van der Waals surface area contributed by atoms with E-state index in [1.54, 1.807) is 0 Å². The summed E-state index contributed by atoms with van der Waals surface area (Å²) in [7, 11) is 0. The summed E-state index contributed by atoms with van der Waals surface area (Å²) in [6.07, 6.45) is 3.98. The number of aromatic nitrogens is 2. The van der Waals surface area contributed by atoms with Crippen molar-refractivity contribution in [2.24, 2.45) is 0 Å². The quantitative estimate of drug-likeness (QED) is 0.931. The third-order valence-electron chi connectivity index (χ3n) is 2.54. The van der Waals surface area contributed by atoms with Crippen molar-refractivity contribution >= 4 is 29.2 Å². The molecular formula is C12H10Cl2N2O3. The van der Waals surface area contributed by atoms with Crippen LogP contribution in [0.5, 0.6) is 0 Å². The average Bonchev–Trinajstić information content (AvgIpc) is 2.73. The lowest BCUT2D eigenvalue weighted by Crippen LogP contribution is -2.02. The Hall–Kier alpha value is -1.59. The minimum absolute atomic E-state index is 0.00292. The molecule has 0 aliphatic carbocycles. The van der Waals surface area contributed by atoms with Gasteiger partial charge in [-0.3, -0.25) is 4.98 Å². The van der Waals surface area contributed by atoms with Gasteiger partial charge in [-0.15, -0.1) is 0 Å². The van der Waals surface area contributed by atoms with E-state index < -0.39 is 5.97 Å². The van der Waals surface area contributed by atoms with Gasteiger partial charge in [-0.1, -0.05) is 35.3 Å². The summed E-state index contributed by atoms with van der Waals surface area (Å²) >= 11 is 12.0. The van der Waals surface area contributed by atoms with Crippen LogP contribution in [0.4, 0.5) is 0 Å². The lowest BCUT2D eigenvalue weighted by Gasteiger charge is -2.03. The smallest absolute Gasteiger partial charge is 0.341 e. The number of aryl methyl sites for hydroxylation is 1. The molecule has 0 aromatic carbocycles. The van der Waals surface area contributed by atoms with Gasteiger partial charge in [0.2, 0.25) is 0 Å².